The molecule has 0 spiro atoms. The summed E-state index contributed by atoms with van der Waals surface area (Å²) in [6.07, 6.45) is 2.30. The second-order valence-electron chi connectivity index (χ2n) is 6.86. The average Bonchev–Trinajstić information content (AvgIpc) is 3.37. The highest BCUT2D eigenvalue weighted by atomic mass is 32.1. The molecular formula is C22H24N2O4S. The summed E-state index contributed by atoms with van der Waals surface area (Å²) in [6.45, 7) is 8.20. The number of fused-ring (bicyclic) bond motifs is 1. The van der Waals surface area contributed by atoms with E-state index in [0.717, 1.165) is 34.2 Å². The van der Waals surface area contributed by atoms with Gasteiger partial charge in [-0.25, -0.2) is 4.98 Å². The van der Waals surface area contributed by atoms with Crippen LogP contribution in [0.25, 0.3) is 11.5 Å². The van der Waals surface area contributed by atoms with Crippen LogP contribution in [0.4, 0.5) is 0 Å². The van der Waals surface area contributed by atoms with Gasteiger partial charge < -0.3 is 18.8 Å². The minimum Gasteiger partial charge on any atom is -0.490 e. The Morgan fingerprint density at radius 2 is 1.90 bits per heavy atom. The van der Waals surface area contributed by atoms with Gasteiger partial charge in [-0.15, -0.1) is 11.3 Å². The van der Waals surface area contributed by atoms with Crippen molar-refractivity contribution in [2.24, 2.45) is 0 Å². The van der Waals surface area contributed by atoms with Crippen LogP contribution in [0.1, 0.15) is 40.3 Å². The molecule has 7 heteroatoms. The number of benzene rings is 1. The van der Waals surface area contributed by atoms with Crippen molar-refractivity contribution in [1.29, 1.82) is 0 Å². The highest BCUT2D eigenvalue weighted by Crippen LogP contribution is 2.34. The maximum atomic E-state index is 13.0. The fourth-order valence-corrected chi connectivity index (χ4v) is 4.12. The minimum absolute atomic E-state index is 0.0375. The molecule has 3 heterocycles. The van der Waals surface area contributed by atoms with Crippen LogP contribution in [0.2, 0.25) is 0 Å². The lowest BCUT2D eigenvalue weighted by molar-refractivity contribution is 0.0733. The topological polar surface area (TPSA) is 64.8 Å². The summed E-state index contributed by atoms with van der Waals surface area (Å²) in [5, 5.41) is 2.90. The molecular weight excluding hydrogens is 388 g/mol. The minimum atomic E-state index is -0.0375. The zero-order valence-corrected chi connectivity index (χ0v) is 17.7. The number of hydrogen-bond acceptors (Lipinski definition) is 6. The van der Waals surface area contributed by atoms with Crippen molar-refractivity contribution in [3.8, 4) is 23.0 Å². The normalized spacial score (nSPS) is 13.3. The van der Waals surface area contributed by atoms with E-state index in [1.165, 1.54) is 11.8 Å². The summed E-state index contributed by atoms with van der Waals surface area (Å²) in [5.74, 6) is 2.08. The Morgan fingerprint density at radius 1 is 1.17 bits per heavy atom. The standard InChI is InChI=1S/C22H24N2O4S/c1-4-26-20-8-15-6-7-24(11-16(15)9-21(20)27-5-2)22(25)17-10-19(28-12-17)18-13-29-14(3)23-18/h8-10,12-13H,4-7,11H2,1-3H3. The van der Waals surface area contributed by atoms with Gasteiger partial charge in [0.05, 0.1) is 23.8 Å². The fraction of sp³-hybridized carbons (Fsp3) is 0.364. The van der Waals surface area contributed by atoms with Gasteiger partial charge in [0, 0.05) is 18.5 Å². The summed E-state index contributed by atoms with van der Waals surface area (Å²) in [4.78, 5) is 19.3. The maximum absolute atomic E-state index is 13.0. The molecule has 0 aliphatic carbocycles. The molecule has 1 aliphatic rings. The summed E-state index contributed by atoms with van der Waals surface area (Å²) >= 11 is 1.56. The Balaban J connectivity index is 1.54. The van der Waals surface area contributed by atoms with Crippen molar-refractivity contribution in [3.63, 3.8) is 0 Å². The largest absolute Gasteiger partial charge is 0.490 e. The van der Waals surface area contributed by atoms with Crippen molar-refractivity contribution in [2.45, 2.75) is 33.7 Å². The third kappa shape index (κ3) is 4.00. The molecule has 2 aromatic heterocycles. The molecule has 1 amide bonds. The molecule has 0 unspecified atom stereocenters. The molecule has 3 aromatic rings. The maximum Gasteiger partial charge on any atom is 0.257 e. The van der Waals surface area contributed by atoms with E-state index in [-0.39, 0.29) is 5.91 Å². The molecule has 1 aliphatic heterocycles. The molecule has 152 valence electrons. The van der Waals surface area contributed by atoms with Crippen molar-refractivity contribution in [2.75, 3.05) is 19.8 Å². The smallest absolute Gasteiger partial charge is 0.257 e. The van der Waals surface area contributed by atoms with Crippen molar-refractivity contribution < 1.29 is 18.7 Å². The first-order valence-electron chi connectivity index (χ1n) is 9.80. The predicted octanol–water partition coefficient (Wildman–Crippen LogP) is 4.71. The van der Waals surface area contributed by atoms with Crippen LogP contribution in [-0.2, 0) is 13.0 Å². The molecule has 0 saturated heterocycles. The van der Waals surface area contributed by atoms with E-state index in [4.69, 9.17) is 13.9 Å². The van der Waals surface area contributed by atoms with Gasteiger partial charge in [-0.1, -0.05) is 0 Å². The Kier molecular flexibility index (Phi) is 5.58. The Labute approximate surface area is 174 Å². The van der Waals surface area contributed by atoms with Crippen molar-refractivity contribution >= 4 is 17.2 Å². The van der Waals surface area contributed by atoms with Gasteiger partial charge >= 0.3 is 0 Å². The quantitative estimate of drug-likeness (QED) is 0.587. The van der Waals surface area contributed by atoms with E-state index in [1.54, 1.807) is 17.4 Å². The summed E-state index contributed by atoms with van der Waals surface area (Å²) in [5.41, 5.74) is 3.60. The first-order chi connectivity index (χ1) is 14.1. The molecule has 29 heavy (non-hydrogen) atoms. The number of aryl methyl sites for hydroxylation is 1. The molecule has 0 atom stereocenters. The summed E-state index contributed by atoms with van der Waals surface area (Å²) in [6, 6.07) is 5.82. The van der Waals surface area contributed by atoms with E-state index in [0.29, 0.717) is 37.6 Å². The van der Waals surface area contributed by atoms with Crippen LogP contribution in [0.3, 0.4) is 0 Å². The zero-order chi connectivity index (χ0) is 20.4. The SMILES string of the molecule is CCOc1cc2c(cc1OCC)CN(C(=O)c1coc(-c3csc(C)n3)c1)CC2. The number of hydrogen-bond donors (Lipinski definition) is 0. The molecule has 0 bridgehead atoms. The van der Waals surface area contributed by atoms with Gasteiger partial charge in [-0.3, -0.25) is 4.79 Å². The number of nitrogens with zero attached hydrogens (tertiary/aromatic N) is 2. The first-order valence-corrected chi connectivity index (χ1v) is 10.7. The molecule has 0 radical (unpaired) electrons. The number of carbonyl (C=O) groups is 1. The number of carbonyl (C=O) groups excluding carboxylic acids is 1. The van der Waals surface area contributed by atoms with Gasteiger partial charge in [0.1, 0.15) is 12.0 Å². The van der Waals surface area contributed by atoms with E-state index in [1.807, 2.05) is 43.2 Å². The van der Waals surface area contributed by atoms with Crippen LogP contribution in [0.15, 0.2) is 34.3 Å². The average molecular weight is 413 g/mol. The number of thiazole rings is 1. The van der Waals surface area contributed by atoms with Crippen molar-refractivity contribution in [1.82, 2.24) is 9.88 Å². The fourth-order valence-electron chi connectivity index (χ4n) is 3.52. The monoisotopic (exact) mass is 412 g/mol. The summed E-state index contributed by atoms with van der Waals surface area (Å²) < 4.78 is 17.1. The van der Waals surface area contributed by atoms with Gasteiger partial charge in [0.25, 0.3) is 5.91 Å². The third-order valence-electron chi connectivity index (χ3n) is 4.88. The van der Waals surface area contributed by atoms with E-state index >= 15 is 0 Å². The van der Waals surface area contributed by atoms with E-state index < -0.39 is 0 Å². The first kappa shape index (κ1) is 19.5. The molecule has 1 aromatic carbocycles. The van der Waals surface area contributed by atoms with Crippen molar-refractivity contribution in [3.05, 3.63) is 51.5 Å². The second-order valence-corrected chi connectivity index (χ2v) is 7.92. The Bertz CT molecular complexity index is 1020. The van der Waals surface area contributed by atoms with E-state index in [2.05, 4.69) is 4.98 Å². The lowest BCUT2D eigenvalue weighted by Crippen LogP contribution is -2.35. The van der Waals surface area contributed by atoms with Crippen LogP contribution >= 0.6 is 11.3 Å². The predicted molar refractivity (Wildman–Crippen MR) is 112 cm³/mol. The highest BCUT2D eigenvalue weighted by Gasteiger charge is 2.25. The highest BCUT2D eigenvalue weighted by molar-refractivity contribution is 7.09. The van der Waals surface area contributed by atoms with Crippen LogP contribution < -0.4 is 9.47 Å². The second kappa shape index (κ2) is 8.29. The van der Waals surface area contributed by atoms with Gasteiger partial charge in [0.15, 0.2) is 17.3 Å². The molecule has 6 nitrogen and oxygen atoms in total. The molecule has 0 N–H and O–H groups in total. The van der Waals surface area contributed by atoms with Crippen LogP contribution in [-0.4, -0.2) is 35.5 Å². The number of amides is 1. The lowest BCUT2D eigenvalue weighted by Gasteiger charge is -2.29. The lowest BCUT2D eigenvalue weighted by atomic mass is 9.98. The number of rotatable bonds is 6. The van der Waals surface area contributed by atoms with E-state index in [9.17, 15) is 4.79 Å². The number of aromatic nitrogens is 1. The Hall–Kier alpha value is -2.80. The van der Waals surface area contributed by atoms with Crippen LogP contribution in [0.5, 0.6) is 11.5 Å². The van der Waals surface area contributed by atoms with Gasteiger partial charge in [-0.2, -0.15) is 0 Å². The van der Waals surface area contributed by atoms with Crippen LogP contribution in [0, 0.1) is 6.92 Å². The molecule has 0 saturated carbocycles. The molecule has 4 rings (SSSR count). The van der Waals surface area contributed by atoms with Gasteiger partial charge in [0.2, 0.25) is 0 Å². The number of ether oxygens (including phenoxy) is 2. The van der Waals surface area contributed by atoms with Gasteiger partial charge in [-0.05, 0) is 56.5 Å². The Morgan fingerprint density at radius 3 is 2.55 bits per heavy atom. The molecule has 0 fully saturated rings. The third-order valence-corrected chi connectivity index (χ3v) is 5.66. The summed E-state index contributed by atoms with van der Waals surface area (Å²) in [7, 11) is 0. The number of furan rings is 1. The zero-order valence-electron chi connectivity index (χ0n) is 16.9.